The normalized spacial score (nSPS) is 30.6. The van der Waals surface area contributed by atoms with E-state index in [0.717, 1.165) is 24.3 Å². The lowest BCUT2D eigenvalue weighted by molar-refractivity contribution is 0.275. The highest BCUT2D eigenvalue weighted by molar-refractivity contribution is 5.15. The van der Waals surface area contributed by atoms with E-state index < -0.39 is 0 Å². The quantitative estimate of drug-likeness (QED) is 0.758. The van der Waals surface area contributed by atoms with Crippen LogP contribution in [0.15, 0.2) is 12.4 Å². The van der Waals surface area contributed by atoms with E-state index in [4.69, 9.17) is 0 Å². The fourth-order valence-corrected chi connectivity index (χ4v) is 3.41. The third-order valence-electron chi connectivity index (χ3n) is 4.45. The zero-order valence-corrected chi connectivity index (χ0v) is 10.2. The summed E-state index contributed by atoms with van der Waals surface area (Å²) in [7, 11) is 0. The Bertz CT molecular complexity index is 351. The van der Waals surface area contributed by atoms with E-state index in [1.807, 2.05) is 0 Å². The first-order valence-electron chi connectivity index (χ1n) is 6.91. The number of hydrogen-bond acceptors (Lipinski definition) is 1. The Morgan fingerprint density at radius 2 is 2.06 bits per heavy atom. The van der Waals surface area contributed by atoms with Crippen molar-refractivity contribution in [2.45, 2.75) is 57.9 Å². The number of rotatable bonds is 3. The molecule has 0 aromatic carbocycles. The van der Waals surface area contributed by atoms with Crippen LogP contribution in [-0.4, -0.2) is 9.78 Å². The lowest BCUT2D eigenvalue weighted by Crippen LogP contribution is -2.19. The SMILES string of the molecule is CCn1cc(C2CCCCC2C2CC2)cn1. The first kappa shape index (κ1) is 10.4. The number of hydrogen-bond donors (Lipinski definition) is 0. The van der Waals surface area contributed by atoms with Gasteiger partial charge >= 0.3 is 0 Å². The van der Waals surface area contributed by atoms with Crippen LogP contribution >= 0.6 is 0 Å². The Morgan fingerprint density at radius 1 is 1.25 bits per heavy atom. The van der Waals surface area contributed by atoms with Crippen molar-refractivity contribution < 1.29 is 0 Å². The molecule has 2 saturated carbocycles. The van der Waals surface area contributed by atoms with Crippen LogP contribution in [-0.2, 0) is 6.54 Å². The van der Waals surface area contributed by atoms with E-state index in [9.17, 15) is 0 Å². The monoisotopic (exact) mass is 218 g/mol. The van der Waals surface area contributed by atoms with Crippen LogP contribution in [0.4, 0.5) is 0 Å². The summed E-state index contributed by atoms with van der Waals surface area (Å²) in [5, 5.41) is 4.44. The summed E-state index contributed by atoms with van der Waals surface area (Å²) in [6.45, 7) is 3.16. The zero-order valence-electron chi connectivity index (χ0n) is 10.2. The third-order valence-corrected chi connectivity index (χ3v) is 4.45. The predicted octanol–water partition coefficient (Wildman–Crippen LogP) is 3.59. The van der Waals surface area contributed by atoms with Gasteiger partial charge < -0.3 is 0 Å². The van der Waals surface area contributed by atoms with Gasteiger partial charge in [-0.25, -0.2) is 0 Å². The van der Waals surface area contributed by atoms with E-state index in [2.05, 4.69) is 29.1 Å². The smallest absolute Gasteiger partial charge is 0.0524 e. The molecule has 2 atom stereocenters. The Hall–Kier alpha value is -0.790. The summed E-state index contributed by atoms with van der Waals surface area (Å²) in [6.07, 6.45) is 13.1. The maximum Gasteiger partial charge on any atom is 0.0524 e. The molecule has 3 rings (SSSR count). The number of aryl methyl sites for hydroxylation is 1. The molecular weight excluding hydrogens is 196 g/mol. The van der Waals surface area contributed by atoms with E-state index in [1.54, 1.807) is 0 Å². The van der Waals surface area contributed by atoms with Gasteiger partial charge in [-0.1, -0.05) is 12.8 Å². The van der Waals surface area contributed by atoms with E-state index in [1.165, 1.54) is 44.1 Å². The van der Waals surface area contributed by atoms with Crippen LogP contribution in [0.3, 0.4) is 0 Å². The van der Waals surface area contributed by atoms with Crippen molar-refractivity contribution in [2.75, 3.05) is 0 Å². The van der Waals surface area contributed by atoms with Gasteiger partial charge in [-0.3, -0.25) is 4.68 Å². The van der Waals surface area contributed by atoms with Crippen molar-refractivity contribution in [2.24, 2.45) is 11.8 Å². The minimum absolute atomic E-state index is 0.821. The summed E-state index contributed by atoms with van der Waals surface area (Å²) in [5.74, 6) is 2.85. The Kier molecular flexibility index (Phi) is 2.74. The molecule has 88 valence electrons. The summed E-state index contributed by atoms with van der Waals surface area (Å²) < 4.78 is 2.08. The van der Waals surface area contributed by atoms with Crippen molar-refractivity contribution in [3.05, 3.63) is 18.0 Å². The van der Waals surface area contributed by atoms with Gasteiger partial charge in [-0.15, -0.1) is 0 Å². The van der Waals surface area contributed by atoms with Gasteiger partial charge in [0.25, 0.3) is 0 Å². The maximum atomic E-state index is 4.44. The van der Waals surface area contributed by atoms with Crippen molar-refractivity contribution in [3.8, 4) is 0 Å². The summed E-state index contributed by atoms with van der Waals surface area (Å²) in [5.41, 5.74) is 1.51. The second-order valence-electron chi connectivity index (χ2n) is 5.52. The fourth-order valence-electron chi connectivity index (χ4n) is 3.41. The highest BCUT2D eigenvalue weighted by Gasteiger charge is 2.38. The highest BCUT2D eigenvalue weighted by Crippen LogP contribution is 2.50. The van der Waals surface area contributed by atoms with Crippen molar-refractivity contribution in [3.63, 3.8) is 0 Å². The molecule has 2 nitrogen and oxygen atoms in total. The van der Waals surface area contributed by atoms with Gasteiger partial charge in [-0.05, 0) is 55.9 Å². The molecule has 0 saturated heterocycles. The van der Waals surface area contributed by atoms with Crippen LogP contribution < -0.4 is 0 Å². The Labute approximate surface area is 98.0 Å². The fraction of sp³-hybridized carbons (Fsp3) is 0.786. The van der Waals surface area contributed by atoms with E-state index >= 15 is 0 Å². The molecule has 0 amide bonds. The Balaban J connectivity index is 1.79. The standard InChI is InChI=1S/C14H22N2/c1-2-16-10-12(9-15-16)14-6-4-3-5-13(14)11-7-8-11/h9-11,13-14H,2-8H2,1H3. The average molecular weight is 218 g/mol. The molecule has 2 unspecified atom stereocenters. The summed E-state index contributed by atoms with van der Waals surface area (Å²) >= 11 is 0. The lowest BCUT2D eigenvalue weighted by atomic mass is 9.74. The molecule has 1 aromatic rings. The predicted molar refractivity (Wildman–Crippen MR) is 65.3 cm³/mol. The van der Waals surface area contributed by atoms with Gasteiger partial charge in [0.2, 0.25) is 0 Å². The molecule has 2 fully saturated rings. The van der Waals surface area contributed by atoms with Gasteiger partial charge in [-0.2, -0.15) is 5.10 Å². The minimum atomic E-state index is 0.821. The molecule has 1 aromatic heterocycles. The van der Waals surface area contributed by atoms with Crippen molar-refractivity contribution in [1.82, 2.24) is 9.78 Å². The Morgan fingerprint density at radius 3 is 2.75 bits per heavy atom. The van der Waals surface area contributed by atoms with E-state index in [0.29, 0.717) is 0 Å². The molecule has 2 aliphatic carbocycles. The minimum Gasteiger partial charge on any atom is -0.273 e. The van der Waals surface area contributed by atoms with Crippen LogP contribution in [0.25, 0.3) is 0 Å². The van der Waals surface area contributed by atoms with Crippen LogP contribution in [0, 0.1) is 11.8 Å². The second-order valence-corrected chi connectivity index (χ2v) is 5.52. The zero-order chi connectivity index (χ0) is 11.0. The number of aromatic nitrogens is 2. The number of nitrogens with zero attached hydrogens (tertiary/aromatic N) is 2. The van der Waals surface area contributed by atoms with Crippen LogP contribution in [0.2, 0.25) is 0 Å². The molecule has 0 radical (unpaired) electrons. The van der Waals surface area contributed by atoms with Crippen molar-refractivity contribution >= 4 is 0 Å². The van der Waals surface area contributed by atoms with Gasteiger partial charge in [0, 0.05) is 12.7 Å². The first-order valence-corrected chi connectivity index (χ1v) is 6.91. The molecule has 0 aliphatic heterocycles. The van der Waals surface area contributed by atoms with Gasteiger partial charge in [0.1, 0.15) is 0 Å². The largest absolute Gasteiger partial charge is 0.273 e. The molecule has 0 bridgehead atoms. The maximum absolute atomic E-state index is 4.44. The summed E-state index contributed by atoms with van der Waals surface area (Å²) in [6, 6.07) is 0. The first-order chi connectivity index (χ1) is 7.88. The molecule has 16 heavy (non-hydrogen) atoms. The van der Waals surface area contributed by atoms with Gasteiger partial charge in [0.15, 0.2) is 0 Å². The molecule has 0 spiro atoms. The second kappa shape index (κ2) is 4.23. The molecule has 0 N–H and O–H groups in total. The van der Waals surface area contributed by atoms with Gasteiger partial charge in [0.05, 0.1) is 6.20 Å². The summed E-state index contributed by atoms with van der Waals surface area (Å²) in [4.78, 5) is 0. The lowest BCUT2D eigenvalue weighted by Gasteiger charge is -2.31. The highest BCUT2D eigenvalue weighted by atomic mass is 15.3. The molecular formula is C14H22N2. The van der Waals surface area contributed by atoms with Crippen LogP contribution in [0.5, 0.6) is 0 Å². The molecule has 2 aliphatic rings. The molecule has 1 heterocycles. The average Bonchev–Trinajstić information content (AvgIpc) is 3.07. The van der Waals surface area contributed by atoms with Crippen LogP contribution in [0.1, 0.15) is 56.9 Å². The van der Waals surface area contributed by atoms with Crippen molar-refractivity contribution in [1.29, 1.82) is 0 Å². The van der Waals surface area contributed by atoms with E-state index in [-0.39, 0.29) is 0 Å². The third kappa shape index (κ3) is 1.90. The molecule has 2 heteroatoms. The topological polar surface area (TPSA) is 17.8 Å².